The van der Waals surface area contributed by atoms with E-state index in [0.29, 0.717) is 0 Å². The second-order valence-electron chi connectivity index (χ2n) is 5.60. The molecule has 1 heterocycles. The van der Waals surface area contributed by atoms with Gasteiger partial charge in [0.2, 0.25) is 0 Å². The van der Waals surface area contributed by atoms with E-state index in [0.717, 1.165) is 25.0 Å². The van der Waals surface area contributed by atoms with Crippen LogP contribution >= 0.6 is 0 Å². The Morgan fingerprint density at radius 1 is 1.29 bits per heavy atom. The summed E-state index contributed by atoms with van der Waals surface area (Å²) in [7, 11) is 0. The summed E-state index contributed by atoms with van der Waals surface area (Å²) in [6.07, 6.45) is 3.45. The third-order valence-electron chi connectivity index (χ3n) is 3.59. The van der Waals surface area contributed by atoms with E-state index in [9.17, 15) is 0 Å². The average molecular weight is 231 g/mol. The second kappa shape index (κ2) is 4.91. The minimum Gasteiger partial charge on any atom is -0.392 e. The SMILES string of the molecule is CC1=NO[C@H](C(C)(C)CCc2ccccc2)C1. The normalized spacial score (nSPS) is 19.9. The molecule has 17 heavy (non-hydrogen) atoms. The van der Waals surface area contributed by atoms with Crippen molar-refractivity contribution in [3.05, 3.63) is 35.9 Å². The number of hydrogen-bond acceptors (Lipinski definition) is 2. The first kappa shape index (κ1) is 12.2. The monoisotopic (exact) mass is 231 g/mol. The Hall–Kier alpha value is -1.31. The van der Waals surface area contributed by atoms with Crippen molar-refractivity contribution in [1.82, 2.24) is 0 Å². The summed E-state index contributed by atoms with van der Waals surface area (Å²) in [6.45, 7) is 6.58. The second-order valence-corrected chi connectivity index (χ2v) is 5.60. The number of nitrogens with zero attached hydrogens (tertiary/aromatic N) is 1. The van der Waals surface area contributed by atoms with E-state index in [1.54, 1.807) is 0 Å². The molecular weight excluding hydrogens is 210 g/mol. The van der Waals surface area contributed by atoms with Crippen LogP contribution in [-0.2, 0) is 11.3 Å². The van der Waals surface area contributed by atoms with Gasteiger partial charge in [0.1, 0.15) is 6.10 Å². The van der Waals surface area contributed by atoms with Gasteiger partial charge in [0.05, 0.1) is 5.71 Å². The Labute approximate surface area is 104 Å². The lowest BCUT2D eigenvalue weighted by atomic mass is 9.79. The molecule has 1 aromatic rings. The number of rotatable bonds is 4. The fourth-order valence-electron chi connectivity index (χ4n) is 2.19. The molecule has 1 aliphatic heterocycles. The summed E-state index contributed by atoms with van der Waals surface area (Å²) < 4.78 is 0. The first-order valence-electron chi connectivity index (χ1n) is 6.31. The molecule has 0 radical (unpaired) electrons. The van der Waals surface area contributed by atoms with Crippen molar-refractivity contribution >= 4 is 5.71 Å². The van der Waals surface area contributed by atoms with Crippen LogP contribution in [0.3, 0.4) is 0 Å². The molecule has 0 aliphatic carbocycles. The minimum atomic E-state index is 0.178. The van der Waals surface area contributed by atoms with E-state index in [1.165, 1.54) is 5.56 Å². The van der Waals surface area contributed by atoms with Crippen molar-refractivity contribution in [3.8, 4) is 0 Å². The van der Waals surface area contributed by atoms with Crippen LogP contribution in [0.25, 0.3) is 0 Å². The summed E-state index contributed by atoms with van der Waals surface area (Å²) in [4.78, 5) is 5.51. The maximum absolute atomic E-state index is 5.51. The molecule has 2 rings (SSSR count). The highest BCUT2D eigenvalue weighted by Gasteiger charge is 2.34. The van der Waals surface area contributed by atoms with Crippen LogP contribution in [0.4, 0.5) is 0 Å². The van der Waals surface area contributed by atoms with Gasteiger partial charge >= 0.3 is 0 Å². The lowest BCUT2D eigenvalue weighted by molar-refractivity contribution is -0.00485. The van der Waals surface area contributed by atoms with Gasteiger partial charge in [-0.15, -0.1) is 0 Å². The molecule has 0 spiro atoms. The van der Waals surface area contributed by atoms with Gasteiger partial charge in [-0.1, -0.05) is 49.3 Å². The van der Waals surface area contributed by atoms with Crippen molar-refractivity contribution < 1.29 is 4.84 Å². The van der Waals surface area contributed by atoms with E-state index >= 15 is 0 Å². The number of oxime groups is 1. The van der Waals surface area contributed by atoms with Crippen molar-refractivity contribution in [2.24, 2.45) is 10.6 Å². The predicted octanol–water partition coefficient (Wildman–Crippen LogP) is 3.81. The molecule has 2 heteroatoms. The molecular formula is C15H21NO. The summed E-state index contributed by atoms with van der Waals surface area (Å²) >= 11 is 0. The summed E-state index contributed by atoms with van der Waals surface area (Å²) in [5, 5.41) is 4.06. The first-order valence-corrected chi connectivity index (χ1v) is 6.31. The van der Waals surface area contributed by atoms with Crippen LogP contribution in [0.15, 0.2) is 35.5 Å². The molecule has 1 aromatic carbocycles. The molecule has 0 amide bonds. The number of hydrogen-bond donors (Lipinski definition) is 0. The third-order valence-corrected chi connectivity index (χ3v) is 3.59. The van der Waals surface area contributed by atoms with Crippen LogP contribution in [0.1, 0.15) is 39.2 Å². The van der Waals surface area contributed by atoms with Gasteiger partial charge in [-0.3, -0.25) is 0 Å². The highest BCUT2D eigenvalue weighted by molar-refractivity contribution is 5.82. The average Bonchev–Trinajstić information content (AvgIpc) is 2.76. The molecule has 1 aliphatic rings. The van der Waals surface area contributed by atoms with Gasteiger partial charge in [0.15, 0.2) is 0 Å². The van der Waals surface area contributed by atoms with Gasteiger partial charge in [0.25, 0.3) is 0 Å². The molecule has 1 atom stereocenters. The van der Waals surface area contributed by atoms with E-state index in [4.69, 9.17) is 4.84 Å². The lowest BCUT2D eigenvalue weighted by Gasteiger charge is -2.29. The minimum absolute atomic E-state index is 0.178. The topological polar surface area (TPSA) is 21.6 Å². The van der Waals surface area contributed by atoms with Gasteiger partial charge in [-0.2, -0.15) is 0 Å². The van der Waals surface area contributed by atoms with Crippen LogP contribution in [-0.4, -0.2) is 11.8 Å². The fourth-order valence-corrected chi connectivity index (χ4v) is 2.19. The molecule has 0 saturated carbocycles. The zero-order valence-corrected chi connectivity index (χ0v) is 10.9. The molecule has 0 bridgehead atoms. The Morgan fingerprint density at radius 3 is 2.59 bits per heavy atom. The van der Waals surface area contributed by atoms with Crippen molar-refractivity contribution in [3.63, 3.8) is 0 Å². The van der Waals surface area contributed by atoms with E-state index in [1.807, 2.05) is 6.92 Å². The highest BCUT2D eigenvalue weighted by Crippen LogP contribution is 2.34. The third kappa shape index (κ3) is 3.09. The highest BCUT2D eigenvalue weighted by atomic mass is 16.6. The Morgan fingerprint density at radius 2 is 2.00 bits per heavy atom. The van der Waals surface area contributed by atoms with Crippen LogP contribution in [0, 0.1) is 5.41 Å². The summed E-state index contributed by atoms with van der Waals surface area (Å²) in [6, 6.07) is 10.6. The Kier molecular flexibility index (Phi) is 3.51. The molecule has 0 fully saturated rings. The smallest absolute Gasteiger partial charge is 0.137 e. The Bertz CT molecular complexity index is 395. The molecule has 0 unspecified atom stereocenters. The predicted molar refractivity (Wildman–Crippen MR) is 71.1 cm³/mol. The fraction of sp³-hybridized carbons (Fsp3) is 0.533. The van der Waals surface area contributed by atoms with Crippen molar-refractivity contribution in [2.45, 2.75) is 46.1 Å². The maximum Gasteiger partial charge on any atom is 0.137 e. The van der Waals surface area contributed by atoms with Crippen LogP contribution in [0.5, 0.6) is 0 Å². The molecule has 92 valence electrons. The van der Waals surface area contributed by atoms with Crippen LogP contribution in [0.2, 0.25) is 0 Å². The van der Waals surface area contributed by atoms with Gasteiger partial charge in [-0.25, -0.2) is 0 Å². The quantitative estimate of drug-likeness (QED) is 0.772. The van der Waals surface area contributed by atoms with E-state index in [-0.39, 0.29) is 11.5 Å². The van der Waals surface area contributed by atoms with Gasteiger partial charge in [-0.05, 0) is 25.3 Å². The van der Waals surface area contributed by atoms with Gasteiger partial charge < -0.3 is 4.84 Å². The first-order chi connectivity index (χ1) is 8.08. The Balaban J connectivity index is 1.90. The summed E-state index contributed by atoms with van der Waals surface area (Å²) in [5.41, 5.74) is 2.69. The van der Waals surface area contributed by atoms with E-state index < -0.39 is 0 Å². The molecule has 0 N–H and O–H groups in total. The maximum atomic E-state index is 5.51. The summed E-state index contributed by atoms with van der Waals surface area (Å²) in [5.74, 6) is 0. The standard InChI is InChI=1S/C15H21NO/c1-12-11-14(17-16-12)15(2,3)10-9-13-7-5-4-6-8-13/h4-8,14H,9-11H2,1-3H3/t14-/m0/s1. The molecule has 2 nitrogen and oxygen atoms in total. The number of aryl methyl sites for hydroxylation is 1. The van der Waals surface area contributed by atoms with Crippen molar-refractivity contribution in [1.29, 1.82) is 0 Å². The number of benzene rings is 1. The lowest BCUT2D eigenvalue weighted by Crippen LogP contribution is -2.30. The largest absolute Gasteiger partial charge is 0.392 e. The van der Waals surface area contributed by atoms with Crippen LogP contribution < -0.4 is 0 Å². The molecule has 0 aromatic heterocycles. The molecule has 0 saturated heterocycles. The van der Waals surface area contributed by atoms with Crippen molar-refractivity contribution in [2.75, 3.05) is 0 Å². The van der Waals surface area contributed by atoms with Gasteiger partial charge in [0, 0.05) is 11.8 Å². The zero-order chi connectivity index (χ0) is 12.3. The zero-order valence-electron chi connectivity index (χ0n) is 10.9. The van der Waals surface area contributed by atoms with E-state index in [2.05, 4.69) is 49.3 Å².